The van der Waals surface area contributed by atoms with E-state index in [1.54, 1.807) is 6.07 Å². The Hall–Kier alpha value is -2.29. The van der Waals surface area contributed by atoms with Gasteiger partial charge in [0.2, 0.25) is 11.9 Å². The molecule has 0 aliphatic carbocycles. The Morgan fingerprint density at radius 1 is 1.50 bits per heavy atom. The van der Waals surface area contributed by atoms with Gasteiger partial charge in [0, 0.05) is 17.0 Å². The van der Waals surface area contributed by atoms with E-state index in [0.29, 0.717) is 5.95 Å². The lowest BCUT2D eigenvalue weighted by Gasteiger charge is -2.12. The van der Waals surface area contributed by atoms with Gasteiger partial charge in [-0.25, -0.2) is 9.97 Å². The molecule has 2 heterocycles. The summed E-state index contributed by atoms with van der Waals surface area (Å²) < 4.78 is 0. The lowest BCUT2D eigenvalue weighted by Crippen LogP contribution is -2.18. The molecule has 1 unspecified atom stereocenters. The van der Waals surface area contributed by atoms with E-state index >= 15 is 0 Å². The second-order valence-corrected chi connectivity index (χ2v) is 5.40. The maximum Gasteiger partial charge on any atom is 0.324 e. The zero-order chi connectivity index (χ0) is 14.5. The molecule has 0 spiro atoms. The van der Waals surface area contributed by atoms with Crippen molar-refractivity contribution in [3.05, 3.63) is 33.5 Å². The molecule has 9 heteroatoms. The quantitative estimate of drug-likeness (QED) is 0.616. The van der Waals surface area contributed by atoms with Gasteiger partial charge in [0.1, 0.15) is 6.33 Å². The first-order chi connectivity index (χ1) is 9.54. The van der Waals surface area contributed by atoms with Gasteiger partial charge in [0.25, 0.3) is 0 Å². The second kappa shape index (κ2) is 6.24. The Morgan fingerprint density at radius 3 is 2.95 bits per heavy atom. The molecule has 106 valence electrons. The molecule has 0 radical (unpaired) electrons. The summed E-state index contributed by atoms with van der Waals surface area (Å²) in [7, 11) is 0. The fourth-order valence-corrected chi connectivity index (χ4v) is 2.46. The highest BCUT2D eigenvalue weighted by atomic mass is 32.1. The molecule has 3 N–H and O–H groups in total. The molecule has 0 amide bonds. The molecule has 0 saturated carbocycles. The average molecular weight is 294 g/mol. The van der Waals surface area contributed by atoms with Gasteiger partial charge in [-0.3, -0.25) is 10.1 Å². The third kappa shape index (κ3) is 3.85. The van der Waals surface area contributed by atoms with Gasteiger partial charge in [0.15, 0.2) is 0 Å². The van der Waals surface area contributed by atoms with Crippen molar-refractivity contribution in [3.63, 3.8) is 0 Å². The summed E-state index contributed by atoms with van der Waals surface area (Å²) in [5.74, 6) is 0.603. The number of nitrogen functional groups attached to an aromatic ring is 1. The topological polar surface area (TPSA) is 120 Å². The van der Waals surface area contributed by atoms with Gasteiger partial charge in [-0.05, 0) is 25.8 Å². The van der Waals surface area contributed by atoms with E-state index < -0.39 is 0 Å². The van der Waals surface area contributed by atoms with Crippen molar-refractivity contribution >= 4 is 28.2 Å². The molecule has 2 aromatic rings. The summed E-state index contributed by atoms with van der Waals surface area (Å²) in [6.07, 6.45) is 2.91. The fraction of sp³-hybridized carbons (Fsp3) is 0.364. The van der Waals surface area contributed by atoms with Crippen molar-refractivity contribution in [3.8, 4) is 0 Å². The van der Waals surface area contributed by atoms with Crippen LogP contribution in [0, 0.1) is 10.1 Å². The lowest BCUT2D eigenvalue weighted by molar-refractivity contribution is -0.380. The van der Waals surface area contributed by atoms with Crippen molar-refractivity contribution in [1.29, 1.82) is 0 Å². The third-order valence-corrected chi connectivity index (χ3v) is 3.71. The molecule has 0 saturated heterocycles. The Balaban J connectivity index is 1.85. The van der Waals surface area contributed by atoms with Crippen LogP contribution in [-0.2, 0) is 6.42 Å². The van der Waals surface area contributed by atoms with Crippen molar-refractivity contribution in [2.75, 3.05) is 11.1 Å². The molecular weight excluding hydrogens is 280 g/mol. The normalized spacial score (nSPS) is 12.1. The number of nitrogens with one attached hydrogen (secondary N) is 1. The second-order valence-electron chi connectivity index (χ2n) is 4.25. The first kappa shape index (κ1) is 14.1. The van der Waals surface area contributed by atoms with Crippen molar-refractivity contribution in [2.45, 2.75) is 25.8 Å². The number of aromatic nitrogens is 3. The van der Waals surface area contributed by atoms with E-state index in [0.717, 1.165) is 17.7 Å². The standard InChI is InChI=1S/C11H14N6O2S/c1-7(15-11-14-6-13-10(12)16-11)2-3-8-4-5-9(20-8)17(18)19/h4-7H,2-3H2,1H3,(H3,12,13,14,15,16). The number of nitrogens with two attached hydrogens (primary N) is 1. The maximum absolute atomic E-state index is 10.6. The Morgan fingerprint density at radius 2 is 2.30 bits per heavy atom. The highest BCUT2D eigenvalue weighted by molar-refractivity contribution is 7.15. The average Bonchev–Trinajstić information content (AvgIpc) is 2.85. The van der Waals surface area contributed by atoms with E-state index in [1.807, 2.05) is 6.92 Å². The predicted octanol–water partition coefficient (Wildman–Crippen LogP) is 1.86. The van der Waals surface area contributed by atoms with Crippen LogP contribution >= 0.6 is 11.3 Å². The van der Waals surface area contributed by atoms with Crippen LogP contribution < -0.4 is 11.1 Å². The van der Waals surface area contributed by atoms with Gasteiger partial charge in [-0.15, -0.1) is 0 Å². The fourth-order valence-electron chi connectivity index (χ4n) is 1.63. The Kier molecular flexibility index (Phi) is 4.41. The van der Waals surface area contributed by atoms with E-state index in [2.05, 4.69) is 20.3 Å². The predicted molar refractivity (Wildman–Crippen MR) is 76.6 cm³/mol. The smallest absolute Gasteiger partial charge is 0.324 e. The molecule has 0 fully saturated rings. The highest BCUT2D eigenvalue weighted by Gasteiger charge is 2.11. The van der Waals surface area contributed by atoms with E-state index in [4.69, 9.17) is 5.73 Å². The summed E-state index contributed by atoms with van der Waals surface area (Å²) in [6.45, 7) is 1.99. The maximum atomic E-state index is 10.6. The minimum absolute atomic E-state index is 0.123. The zero-order valence-corrected chi connectivity index (χ0v) is 11.6. The van der Waals surface area contributed by atoms with Gasteiger partial charge in [0.05, 0.1) is 4.92 Å². The third-order valence-electron chi connectivity index (χ3n) is 2.62. The number of nitrogens with zero attached hydrogens (tertiary/aromatic N) is 4. The van der Waals surface area contributed by atoms with E-state index in [-0.39, 0.29) is 21.9 Å². The summed E-state index contributed by atoms with van der Waals surface area (Å²) in [5, 5.41) is 13.9. The van der Waals surface area contributed by atoms with Gasteiger partial charge < -0.3 is 11.1 Å². The van der Waals surface area contributed by atoms with Gasteiger partial charge >= 0.3 is 5.00 Å². The van der Waals surface area contributed by atoms with E-state index in [1.165, 1.54) is 23.7 Å². The van der Waals surface area contributed by atoms with Crippen LogP contribution in [0.3, 0.4) is 0 Å². The summed E-state index contributed by atoms with van der Waals surface area (Å²) >= 11 is 1.20. The van der Waals surface area contributed by atoms with Crippen LogP contribution in [0.2, 0.25) is 0 Å². The monoisotopic (exact) mass is 294 g/mol. The minimum Gasteiger partial charge on any atom is -0.368 e. The molecule has 8 nitrogen and oxygen atoms in total. The largest absolute Gasteiger partial charge is 0.368 e. The highest BCUT2D eigenvalue weighted by Crippen LogP contribution is 2.25. The molecule has 0 bridgehead atoms. The number of hydrogen-bond acceptors (Lipinski definition) is 8. The number of nitro groups is 1. The van der Waals surface area contributed by atoms with Gasteiger partial charge in [-0.2, -0.15) is 4.98 Å². The van der Waals surface area contributed by atoms with Gasteiger partial charge in [-0.1, -0.05) is 11.3 Å². The van der Waals surface area contributed by atoms with Crippen LogP contribution in [-0.4, -0.2) is 25.9 Å². The van der Waals surface area contributed by atoms with Crippen LogP contribution in [0.1, 0.15) is 18.2 Å². The lowest BCUT2D eigenvalue weighted by atomic mass is 10.1. The first-order valence-corrected chi connectivity index (χ1v) is 6.80. The summed E-state index contributed by atoms with van der Waals surface area (Å²) in [4.78, 5) is 22.8. The molecule has 2 aromatic heterocycles. The van der Waals surface area contributed by atoms with Crippen molar-refractivity contribution in [1.82, 2.24) is 15.0 Å². The number of anilines is 2. The molecular formula is C11H14N6O2S. The molecule has 20 heavy (non-hydrogen) atoms. The summed E-state index contributed by atoms with van der Waals surface area (Å²) in [6, 6.07) is 3.44. The SMILES string of the molecule is CC(CCc1ccc([N+](=O)[O-])s1)Nc1ncnc(N)n1. The molecule has 0 aliphatic rings. The molecule has 1 atom stereocenters. The Labute approximate surface area is 119 Å². The number of thiophene rings is 1. The van der Waals surface area contributed by atoms with Crippen LogP contribution in [0.4, 0.5) is 16.9 Å². The number of hydrogen-bond donors (Lipinski definition) is 2. The Bertz CT molecular complexity index is 602. The van der Waals surface area contributed by atoms with Crippen LogP contribution in [0.25, 0.3) is 0 Å². The summed E-state index contributed by atoms with van der Waals surface area (Å²) in [5.41, 5.74) is 5.47. The zero-order valence-electron chi connectivity index (χ0n) is 10.8. The van der Waals surface area contributed by atoms with Crippen LogP contribution in [0.15, 0.2) is 18.5 Å². The van der Waals surface area contributed by atoms with Crippen molar-refractivity contribution in [2.24, 2.45) is 0 Å². The minimum atomic E-state index is -0.372. The first-order valence-electron chi connectivity index (χ1n) is 5.99. The number of rotatable bonds is 6. The van der Waals surface area contributed by atoms with E-state index in [9.17, 15) is 10.1 Å². The van der Waals surface area contributed by atoms with Crippen LogP contribution in [0.5, 0.6) is 0 Å². The molecule has 0 aliphatic heterocycles. The van der Waals surface area contributed by atoms with Crippen molar-refractivity contribution < 1.29 is 4.92 Å². The molecule has 2 rings (SSSR count). The molecule has 0 aromatic carbocycles. The number of aryl methyl sites for hydroxylation is 1.